The zero-order valence-electron chi connectivity index (χ0n) is 10.0. The summed E-state index contributed by atoms with van der Waals surface area (Å²) in [6.07, 6.45) is 0.781. The van der Waals surface area contributed by atoms with E-state index in [0.717, 1.165) is 39.5 Å². The van der Waals surface area contributed by atoms with E-state index in [1.165, 1.54) is 11.3 Å². The van der Waals surface area contributed by atoms with Gasteiger partial charge in [0.1, 0.15) is 0 Å². The number of thiazole rings is 1. The standard InChI is InChI=1S/C13H11NO3S/c1-7-3-10-11(17-6-16-10)4-9(7)13-8(2)18-12(5-15)14-13/h3-5H,6H2,1-2H3. The number of hydrogen-bond acceptors (Lipinski definition) is 5. The lowest BCUT2D eigenvalue weighted by Gasteiger charge is -2.06. The molecule has 0 fully saturated rings. The highest BCUT2D eigenvalue weighted by Gasteiger charge is 2.19. The first-order chi connectivity index (χ1) is 8.69. The van der Waals surface area contributed by atoms with E-state index in [-0.39, 0.29) is 6.79 Å². The number of ether oxygens (including phenoxy) is 2. The van der Waals surface area contributed by atoms with Gasteiger partial charge in [0.2, 0.25) is 6.79 Å². The fourth-order valence-corrected chi connectivity index (χ4v) is 2.77. The van der Waals surface area contributed by atoms with Gasteiger partial charge in [-0.1, -0.05) is 0 Å². The van der Waals surface area contributed by atoms with Gasteiger partial charge in [-0.05, 0) is 31.5 Å². The number of carbonyl (C=O) groups is 1. The molecule has 92 valence electrons. The van der Waals surface area contributed by atoms with Gasteiger partial charge in [-0.3, -0.25) is 4.79 Å². The smallest absolute Gasteiger partial charge is 0.231 e. The van der Waals surface area contributed by atoms with Crippen LogP contribution in [0.1, 0.15) is 20.2 Å². The molecule has 0 aliphatic carbocycles. The second-order valence-corrected chi connectivity index (χ2v) is 5.33. The molecule has 2 heterocycles. The molecule has 0 N–H and O–H groups in total. The van der Waals surface area contributed by atoms with Crippen LogP contribution in [0.25, 0.3) is 11.3 Å². The van der Waals surface area contributed by atoms with Crippen molar-refractivity contribution < 1.29 is 14.3 Å². The van der Waals surface area contributed by atoms with Crippen LogP contribution in [0.4, 0.5) is 0 Å². The summed E-state index contributed by atoms with van der Waals surface area (Å²) in [7, 11) is 0. The Morgan fingerprint density at radius 3 is 2.67 bits per heavy atom. The van der Waals surface area contributed by atoms with Gasteiger partial charge in [-0.15, -0.1) is 11.3 Å². The van der Waals surface area contributed by atoms with Crippen LogP contribution in [-0.2, 0) is 0 Å². The molecule has 0 unspecified atom stereocenters. The molecule has 1 aromatic heterocycles. The summed E-state index contributed by atoms with van der Waals surface area (Å²) in [4.78, 5) is 16.1. The second kappa shape index (κ2) is 4.10. The summed E-state index contributed by atoms with van der Waals surface area (Å²) in [6.45, 7) is 4.22. The molecule has 1 aliphatic heterocycles. The summed E-state index contributed by atoms with van der Waals surface area (Å²) < 4.78 is 10.7. The normalized spacial score (nSPS) is 12.8. The van der Waals surface area contributed by atoms with E-state index in [9.17, 15) is 4.79 Å². The van der Waals surface area contributed by atoms with Gasteiger partial charge in [-0.25, -0.2) is 4.98 Å². The lowest BCUT2D eigenvalue weighted by atomic mass is 10.0. The summed E-state index contributed by atoms with van der Waals surface area (Å²) in [5, 5.41) is 0.500. The highest BCUT2D eigenvalue weighted by Crippen LogP contribution is 2.39. The van der Waals surface area contributed by atoms with Gasteiger partial charge in [0.25, 0.3) is 0 Å². The van der Waals surface area contributed by atoms with Crippen LogP contribution in [0, 0.1) is 13.8 Å². The first-order valence-electron chi connectivity index (χ1n) is 5.52. The van der Waals surface area contributed by atoms with Crippen LogP contribution < -0.4 is 9.47 Å². The van der Waals surface area contributed by atoms with Crippen molar-refractivity contribution in [1.29, 1.82) is 0 Å². The highest BCUT2D eigenvalue weighted by molar-refractivity contribution is 7.13. The molecular weight excluding hydrogens is 250 g/mol. The Bertz CT molecular complexity index is 633. The number of benzene rings is 1. The molecule has 0 spiro atoms. The summed E-state index contributed by atoms with van der Waals surface area (Å²) in [5.74, 6) is 1.50. The molecule has 2 aromatic rings. The Kier molecular flexibility index (Phi) is 2.56. The Morgan fingerprint density at radius 1 is 1.28 bits per heavy atom. The van der Waals surface area contributed by atoms with E-state index >= 15 is 0 Å². The van der Waals surface area contributed by atoms with Crippen LogP contribution in [0.2, 0.25) is 0 Å². The van der Waals surface area contributed by atoms with Crippen molar-refractivity contribution in [3.05, 3.63) is 27.6 Å². The summed E-state index contributed by atoms with van der Waals surface area (Å²) >= 11 is 1.40. The first-order valence-corrected chi connectivity index (χ1v) is 6.34. The van der Waals surface area contributed by atoms with Gasteiger partial charge < -0.3 is 9.47 Å². The molecule has 4 nitrogen and oxygen atoms in total. The maximum absolute atomic E-state index is 10.8. The zero-order chi connectivity index (χ0) is 12.7. The van der Waals surface area contributed by atoms with Crippen molar-refractivity contribution >= 4 is 17.6 Å². The van der Waals surface area contributed by atoms with Gasteiger partial charge in [0.05, 0.1) is 5.69 Å². The van der Waals surface area contributed by atoms with Crippen molar-refractivity contribution in [1.82, 2.24) is 4.98 Å². The molecule has 18 heavy (non-hydrogen) atoms. The Morgan fingerprint density at radius 2 is 2.00 bits per heavy atom. The van der Waals surface area contributed by atoms with Crippen molar-refractivity contribution in [3.8, 4) is 22.8 Å². The third-order valence-corrected chi connectivity index (χ3v) is 3.78. The molecule has 0 saturated carbocycles. The molecule has 0 bridgehead atoms. The van der Waals surface area contributed by atoms with Crippen LogP contribution in [0.3, 0.4) is 0 Å². The first kappa shape index (κ1) is 11.2. The predicted molar refractivity (Wildman–Crippen MR) is 68.5 cm³/mol. The monoisotopic (exact) mass is 261 g/mol. The molecule has 1 aromatic carbocycles. The zero-order valence-corrected chi connectivity index (χ0v) is 10.8. The largest absolute Gasteiger partial charge is 0.454 e. The number of fused-ring (bicyclic) bond motifs is 1. The molecule has 0 radical (unpaired) electrons. The minimum atomic E-state index is 0.258. The Balaban J connectivity index is 2.16. The quantitative estimate of drug-likeness (QED) is 0.780. The number of rotatable bonds is 2. The minimum Gasteiger partial charge on any atom is -0.454 e. The minimum absolute atomic E-state index is 0.258. The van der Waals surface area contributed by atoms with E-state index in [4.69, 9.17) is 9.47 Å². The molecule has 1 aliphatic rings. The molecule has 0 atom stereocenters. The van der Waals surface area contributed by atoms with E-state index in [2.05, 4.69) is 4.98 Å². The molecular formula is C13H11NO3S. The third kappa shape index (κ3) is 1.67. The van der Waals surface area contributed by atoms with Gasteiger partial charge >= 0.3 is 0 Å². The van der Waals surface area contributed by atoms with E-state index in [1.807, 2.05) is 26.0 Å². The molecule has 0 saturated heterocycles. The van der Waals surface area contributed by atoms with Crippen LogP contribution >= 0.6 is 11.3 Å². The average molecular weight is 261 g/mol. The molecule has 0 amide bonds. The number of carbonyl (C=O) groups excluding carboxylic acids is 1. The SMILES string of the molecule is Cc1cc2c(cc1-c1nc(C=O)sc1C)OCO2. The fourth-order valence-electron chi connectivity index (χ4n) is 2.02. The van der Waals surface area contributed by atoms with Crippen molar-refractivity contribution in [2.24, 2.45) is 0 Å². The van der Waals surface area contributed by atoms with Crippen molar-refractivity contribution in [2.45, 2.75) is 13.8 Å². The van der Waals surface area contributed by atoms with Crippen LogP contribution in [0.5, 0.6) is 11.5 Å². The maximum atomic E-state index is 10.8. The number of nitrogens with zero attached hydrogens (tertiary/aromatic N) is 1. The number of hydrogen-bond donors (Lipinski definition) is 0. The van der Waals surface area contributed by atoms with Crippen molar-refractivity contribution in [2.75, 3.05) is 6.79 Å². The second-order valence-electron chi connectivity index (χ2n) is 4.10. The topological polar surface area (TPSA) is 48.4 Å². The summed E-state index contributed by atoms with van der Waals surface area (Å²) in [5.41, 5.74) is 2.89. The number of aldehydes is 1. The van der Waals surface area contributed by atoms with Crippen molar-refractivity contribution in [3.63, 3.8) is 0 Å². The van der Waals surface area contributed by atoms with E-state index in [1.54, 1.807) is 0 Å². The molecule has 5 heteroatoms. The molecule has 3 rings (SSSR count). The fraction of sp³-hybridized carbons (Fsp3) is 0.231. The Hall–Kier alpha value is -1.88. The third-order valence-electron chi connectivity index (χ3n) is 2.89. The summed E-state index contributed by atoms with van der Waals surface area (Å²) in [6, 6.07) is 3.87. The Labute approximate surface area is 108 Å². The average Bonchev–Trinajstić information content (AvgIpc) is 2.93. The van der Waals surface area contributed by atoms with E-state index in [0.29, 0.717) is 5.01 Å². The lowest BCUT2D eigenvalue weighted by molar-refractivity contribution is 0.112. The highest BCUT2D eigenvalue weighted by atomic mass is 32.1. The lowest BCUT2D eigenvalue weighted by Crippen LogP contribution is -1.92. The maximum Gasteiger partial charge on any atom is 0.231 e. The number of aryl methyl sites for hydroxylation is 2. The number of aromatic nitrogens is 1. The van der Waals surface area contributed by atoms with Crippen LogP contribution in [-0.4, -0.2) is 18.1 Å². The van der Waals surface area contributed by atoms with Gasteiger partial charge in [0, 0.05) is 10.4 Å². The van der Waals surface area contributed by atoms with Crippen LogP contribution in [0.15, 0.2) is 12.1 Å². The van der Waals surface area contributed by atoms with E-state index < -0.39 is 0 Å². The predicted octanol–water partition coefficient (Wildman–Crippen LogP) is 2.97. The van der Waals surface area contributed by atoms with Gasteiger partial charge in [0.15, 0.2) is 22.8 Å². The van der Waals surface area contributed by atoms with Gasteiger partial charge in [-0.2, -0.15) is 0 Å².